The molecule has 0 heterocycles. The average Bonchev–Trinajstić information content (AvgIpc) is 1.78. The summed E-state index contributed by atoms with van der Waals surface area (Å²) in [5, 5.41) is 25.4. The third-order valence-electron chi connectivity index (χ3n) is 1.22. The monoisotopic (exact) mass is 198 g/mol. The van der Waals surface area contributed by atoms with Gasteiger partial charge in [-0.3, -0.25) is 0 Å². The van der Waals surface area contributed by atoms with Crippen molar-refractivity contribution in [1.82, 2.24) is 0 Å². The molecule has 0 amide bonds. The lowest BCUT2D eigenvalue weighted by Gasteiger charge is -2.13. The zero-order valence-electron chi connectivity index (χ0n) is 6.14. The van der Waals surface area contributed by atoms with E-state index in [2.05, 4.69) is 25.3 Å². The SMILES string of the molecule is OC(O)(O)CCCCC(S)S. The van der Waals surface area contributed by atoms with E-state index < -0.39 is 5.97 Å². The van der Waals surface area contributed by atoms with Gasteiger partial charge < -0.3 is 15.3 Å². The third-order valence-corrected chi connectivity index (χ3v) is 1.74. The molecule has 0 aromatic carbocycles. The van der Waals surface area contributed by atoms with Crippen LogP contribution in [0.5, 0.6) is 0 Å². The molecule has 0 saturated carbocycles. The fourth-order valence-electron chi connectivity index (χ4n) is 0.689. The molecule has 3 N–H and O–H groups in total. The molecule has 11 heavy (non-hydrogen) atoms. The van der Waals surface area contributed by atoms with Crippen LogP contribution < -0.4 is 0 Å². The Kier molecular flexibility index (Phi) is 5.54. The van der Waals surface area contributed by atoms with Crippen LogP contribution in [0.3, 0.4) is 0 Å². The number of unbranched alkanes of at least 4 members (excludes halogenated alkanes) is 1. The average molecular weight is 198 g/mol. The van der Waals surface area contributed by atoms with Gasteiger partial charge in [-0.2, -0.15) is 25.3 Å². The van der Waals surface area contributed by atoms with Crippen LogP contribution in [-0.2, 0) is 0 Å². The lowest BCUT2D eigenvalue weighted by Crippen LogP contribution is -2.26. The van der Waals surface area contributed by atoms with Gasteiger partial charge in [-0.05, 0) is 12.8 Å². The molecule has 3 nitrogen and oxygen atoms in total. The molecule has 0 radical (unpaired) electrons. The number of aliphatic hydroxyl groups is 3. The Morgan fingerprint density at radius 2 is 1.64 bits per heavy atom. The molecule has 0 aromatic heterocycles. The smallest absolute Gasteiger partial charge is 0.275 e. The van der Waals surface area contributed by atoms with E-state index >= 15 is 0 Å². The fraction of sp³-hybridized carbons (Fsp3) is 1.00. The lowest BCUT2D eigenvalue weighted by molar-refractivity contribution is -0.314. The van der Waals surface area contributed by atoms with Gasteiger partial charge >= 0.3 is 0 Å². The van der Waals surface area contributed by atoms with Crippen LogP contribution >= 0.6 is 25.3 Å². The summed E-state index contributed by atoms with van der Waals surface area (Å²) in [7, 11) is 0. The Bertz CT molecular complexity index is 100. The van der Waals surface area contributed by atoms with E-state index in [1.54, 1.807) is 0 Å². The van der Waals surface area contributed by atoms with E-state index in [1.807, 2.05) is 0 Å². The van der Waals surface area contributed by atoms with E-state index in [1.165, 1.54) is 0 Å². The molecule has 0 saturated heterocycles. The maximum atomic E-state index is 8.46. The largest absolute Gasteiger partial charge is 0.344 e. The van der Waals surface area contributed by atoms with E-state index in [0.717, 1.165) is 12.8 Å². The summed E-state index contributed by atoms with van der Waals surface area (Å²) < 4.78 is 0.0282. The Hall–Kier alpha value is 0.580. The maximum absolute atomic E-state index is 8.46. The molecular weight excluding hydrogens is 184 g/mol. The first-order chi connectivity index (χ1) is 4.92. The second-order valence-corrected chi connectivity index (χ2v) is 4.15. The van der Waals surface area contributed by atoms with E-state index in [0.29, 0.717) is 6.42 Å². The summed E-state index contributed by atoms with van der Waals surface area (Å²) in [6, 6.07) is 0. The third kappa shape index (κ3) is 10.6. The molecule has 0 spiro atoms. The summed E-state index contributed by atoms with van der Waals surface area (Å²) in [4.78, 5) is 0. The van der Waals surface area contributed by atoms with Crippen LogP contribution in [0.1, 0.15) is 25.7 Å². The van der Waals surface area contributed by atoms with Gasteiger partial charge in [-0.25, -0.2) is 0 Å². The minimum Gasteiger partial charge on any atom is -0.344 e. The van der Waals surface area contributed by atoms with Crippen LogP contribution in [0.2, 0.25) is 0 Å². The summed E-state index contributed by atoms with van der Waals surface area (Å²) in [6.07, 6.45) is 2.10. The Morgan fingerprint density at radius 3 is 2.00 bits per heavy atom. The first-order valence-electron chi connectivity index (χ1n) is 3.45. The van der Waals surface area contributed by atoms with Crippen molar-refractivity contribution in [2.45, 2.75) is 36.2 Å². The molecule has 5 heteroatoms. The van der Waals surface area contributed by atoms with E-state index in [9.17, 15) is 0 Å². The molecule has 0 fully saturated rings. The summed E-state index contributed by atoms with van der Waals surface area (Å²) in [5.41, 5.74) is 0. The Balaban J connectivity index is 3.15. The Morgan fingerprint density at radius 1 is 1.09 bits per heavy atom. The van der Waals surface area contributed by atoms with Gasteiger partial charge in [0, 0.05) is 11.0 Å². The van der Waals surface area contributed by atoms with Gasteiger partial charge in [0.15, 0.2) is 0 Å². The van der Waals surface area contributed by atoms with Gasteiger partial charge in [0.05, 0.1) is 0 Å². The predicted molar refractivity (Wildman–Crippen MR) is 49.6 cm³/mol. The number of thiol groups is 2. The van der Waals surface area contributed by atoms with Crippen molar-refractivity contribution in [2.24, 2.45) is 0 Å². The molecule has 0 unspecified atom stereocenters. The lowest BCUT2D eigenvalue weighted by atomic mass is 10.2. The van der Waals surface area contributed by atoms with Crippen molar-refractivity contribution in [1.29, 1.82) is 0 Å². The van der Waals surface area contributed by atoms with Crippen molar-refractivity contribution in [2.75, 3.05) is 0 Å². The number of rotatable bonds is 5. The summed E-state index contributed by atoms with van der Waals surface area (Å²) in [5.74, 6) is -2.51. The second kappa shape index (κ2) is 5.27. The van der Waals surface area contributed by atoms with Gasteiger partial charge in [0.2, 0.25) is 0 Å². The molecule has 0 aliphatic carbocycles. The van der Waals surface area contributed by atoms with Crippen molar-refractivity contribution in [3.05, 3.63) is 0 Å². The minimum atomic E-state index is -2.51. The van der Waals surface area contributed by atoms with Crippen LogP contribution in [-0.4, -0.2) is 25.9 Å². The molecule has 0 atom stereocenters. The summed E-state index contributed by atoms with van der Waals surface area (Å²) >= 11 is 8.04. The fourth-order valence-corrected chi connectivity index (χ4v) is 1.05. The standard InChI is InChI=1S/C6H14O3S2/c7-6(8,9)4-2-1-3-5(10)11/h5,7-11H,1-4H2. The first-order valence-corrected chi connectivity index (χ1v) is 4.48. The molecule has 0 aromatic rings. The van der Waals surface area contributed by atoms with Gasteiger partial charge in [0.1, 0.15) is 0 Å². The van der Waals surface area contributed by atoms with Crippen molar-refractivity contribution in [3.8, 4) is 0 Å². The number of hydrogen-bond acceptors (Lipinski definition) is 5. The topological polar surface area (TPSA) is 60.7 Å². The van der Waals surface area contributed by atoms with E-state index in [4.69, 9.17) is 15.3 Å². The highest BCUT2D eigenvalue weighted by Crippen LogP contribution is 2.14. The summed E-state index contributed by atoms with van der Waals surface area (Å²) in [6.45, 7) is 0. The van der Waals surface area contributed by atoms with E-state index in [-0.39, 0.29) is 11.0 Å². The highest BCUT2D eigenvalue weighted by atomic mass is 32.2. The maximum Gasteiger partial charge on any atom is 0.275 e. The van der Waals surface area contributed by atoms with Crippen LogP contribution in [0.15, 0.2) is 0 Å². The number of hydrogen-bond donors (Lipinski definition) is 5. The van der Waals surface area contributed by atoms with Gasteiger partial charge in [0.25, 0.3) is 5.97 Å². The zero-order valence-corrected chi connectivity index (χ0v) is 7.93. The van der Waals surface area contributed by atoms with Crippen LogP contribution in [0.25, 0.3) is 0 Å². The predicted octanol–water partition coefficient (Wildman–Crippen LogP) is 0.363. The van der Waals surface area contributed by atoms with Crippen molar-refractivity contribution >= 4 is 25.3 Å². The minimum absolute atomic E-state index is 0.0265. The molecule has 0 bridgehead atoms. The van der Waals surface area contributed by atoms with Gasteiger partial charge in [-0.15, -0.1) is 0 Å². The zero-order chi connectivity index (χ0) is 8.91. The Labute approximate surface area is 77.3 Å². The van der Waals surface area contributed by atoms with Crippen LogP contribution in [0.4, 0.5) is 0 Å². The molecule has 0 aliphatic rings. The van der Waals surface area contributed by atoms with Gasteiger partial charge in [-0.1, -0.05) is 6.42 Å². The van der Waals surface area contributed by atoms with Crippen molar-refractivity contribution in [3.63, 3.8) is 0 Å². The molecule has 0 rings (SSSR count). The quantitative estimate of drug-likeness (QED) is 0.252. The van der Waals surface area contributed by atoms with Crippen molar-refractivity contribution < 1.29 is 15.3 Å². The first kappa shape index (κ1) is 11.6. The van der Waals surface area contributed by atoms with Crippen LogP contribution in [0, 0.1) is 0 Å². The molecule has 0 aliphatic heterocycles. The molecule has 68 valence electrons. The second-order valence-electron chi connectivity index (χ2n) is 2.50. The highest BCUT2D eigenvalue weighted by molar-refractivity contribution is 7.99. The highest BCUT2D eigenvalue weighted by Gasteiger charge is 2.16. The molecular formula is C6H14O3S2. The normalized spacial score (nSPS) is 12.5.